The van der Waals surface area contributed by atoms with Gasteiger partial charge >= 0.3 is 27.6 Å². The molecule has 0 aliphatic carbocycles. The Morgan fingerprint density at radius 1 is 0.492 bits per heavy atom. The van der Waals surface area contributed by atoms with Crippen molar-refractivity contribution in [1.82, 2.24) is 0 Å². The third-order valence-electron chi connectivity index (χ3n) is 9.11. The van der Waals surface area contributed by atoms with Gasteiger partial charge in [0.25, 0.3) is 0 Å². The fourth-order valence-corrected chi connectivity index (χ4v) is 6.88. The van der Waals surface area contributed by atoms with Gasteiger partial charge in [-0.05, 0) is 51.4 Å². The highest BCUT2D eigenvalue weighted by Crippen LogP contribution is 2.43. The number of aliphatic hydroxyl groups excluding tert-OH is 1. The van der Waals surface area contributed by atoms with E-state index in [0.717, 1.165) is 51.4 Å². The Hall–Kier alpha value is -2.44. The molecule has 0 amide bonds. The number of rotatable bonds is 42. The zero-order valence-electron chi connectivity index (χ0n) is 37.2. The predicted octanol–water partition coefficient (Wildman–Crippen LogP) is 11.8. The SMILES string of the molecule is CC/C=C\C/C=C\C/C=C\C/C=C\C/C=C\C/C=C\CCC(=O)O[C@H](COC(=O)CCCCCCCCCCCCCCCCC)COP(=O)(O)OC[C@@H](O)COP(=O)(O)O. The highest BCUT2D eigenvalue weighted by molar-refractivity contribution is 7.47. The van der Waals surface area contributed by atoms with Gasteiger partial charge in [-0.1, -0.05) is 177 Å². The van der Waals surface area contributed by atoms with Crippen LogP contribution in [-0.2, 0) is 41.8 Å². The van der Waals surface area contributed by atoms with Crippen molar-refractivity contribution >= 4 is 27.6 Å². The first kappa shape index (κ1) is 58.6. The van der Waals surface area contributed by atoms with Crippen LogP contribution in [0.3, 0.4) is 0 Å². The van der Waals surface area contributed by atoms with E-state index < -0.39 is 66.2 Å². The van der Waals surface area contributed by atoms with Gasteiger partial charge in [-0.2, -0.15) is 0 Å². The van der Waals surface area contributed by atoms with Crippen LogP contribution in [0.2, 0.25) is 0 Å². The van der Waals surface area contributed by atoms with Gasteiger partial charge in [0.1, 0.15) is 12.7 Å². The molecule has 0 aromatic rings. The summed E-state index contributed by atoms with van der Waals surface area (Å²) in [5.41, 5.74) is 0. The second-order valence-electron chi connectivity index (χ2n) is 14.9. The van der Waals surface area contributed by atoms with Crippen LogP contribution < -0.4 is 0 Å². The Labute approximate surface area is 367 Å². The van der Waals surface area contributed by atoms with Crippen LogP contribution in [0.25, 0.3) is 0 Å². The first-order chi connectivity index (χ1) is 29.4. The third-order valence-corrected chi connectivity index (χ3v) is 10.5. The van der Waals surface area contributed by atoms with E-state index in [1.807, 2.05) is 18.2 Å². The molecule has 0 aliphatic rings. The minimum atomic E-state index is -4.87. The molecule has 3 atom stereocenters. The van der Waals surface area contributed by atoms with E-state index in [4.69, 9.17) is 23.8 Å². The second kappa shape index (κ2) is 41.6. The van der Waals surface area contributed by atoms with Crippen molar-refractivity contribution in [2.45, 2.75) is 180 Å². The van der Waals surface area contributed by atoms with Crippen LogP contribution >= 0.6 is 15.6 Å². The highest BCUT2D eigenvalue weighted by atomic mass is 31.2. The molecule has 1 unspecified atom stereocenters. The maximum Gasteiger partial charge on any atom is 0.472 e. The Balaban J connectivity index is 4.62. The summed E-state index contributed by atoms with van der Waals surface area (Å²) in [5, 5.41) is 9.75. The minimum Gasteiger partial charge on any atom is -0.462 e. The smallest absolute Gasteiger partial charge is 0.462 e. The van der Waals surface area contributed by atoms with E-state index in [1.54, 1.807) is 0 Å². The molecule has 13 nitrogen and oxygen atoms in total. The molecule has 0 aromatic heterocycles. The largest absolute Gasteiger partial charge is 0.472 e. The number of hydrogen-bond donors (Lipinski definition) is 4. The van der Waals surface area contributed by atoms with Crippen molar-refractivity contribution in [3.8, 4) is 0 Å². The molecule has 15 heteroatoms. The third kappa shape index (κ3) is 45.4. The summed E-state index contributed by atoms with van der Waals surface area (Å²) in [4.78, 5) is 52.7. The number of carbonyl (C=O) groups is 2. The number of phosphoric ester groups is 2. The summed E-state index contributed by atoms with van der Waals surface area (Å²) < 4.78 is 47.7. The molecule has 0 radical (unpaired) electrons. The number of esters is 2. The van der Waals surface area contributed by atoms with Crippen LogP contribution in [0.4, 0.5) is 0 Å². The average molecular weight is 903 g/mol. The van der Waals surface area contributed by atoms with Gasteiger partial charge in [-0.25, -0.2) is 9.13 Å². The number of unbranched alkanes of at least 4 members (excludes halogenated alkanes) is 14. The number of phosphoric acid groups is 2. The monoisotopic (exact) mass is 903 g/mol. The van der Waals surface area contributed by atoms with Crippen molar-refractivity contribution in [2.75, 3.05) is 26.4 Å². The Kier molecular flexibility index (Phi) is 39.9. The van der Waals surface area contributed by atoms with Crippen molar-refractivity contribution in [2.24, 2.45) is 0 Å². The van der Waals surface area contributed by atoms with E-state index in [2.05, 4.69) is 77.6 Å². The van der Waals surface area contributed by atoms with E-state index in [9.17, 15) is 28.7 Å². The summed E-state index contributed by atoms with van der Waals surface area (Å²) in [7, 11) is -9.70. The molecule has 61 heavy (non-hydrogen) atoms. The van der Waals surface area contributed by atoms with Gasteiger partial charge in [0, 0.05) is 12.8 Å². The number of allylic oxidation sites excluding steroid dienone is 12. The van der Waals surface area contributed by atoms with Gasteiger partial charge in [0.15, 0.2) is 6.10 Å². The van der Waals surface area contributed by atoms with Gasteiger partial charge in [0.2, 0.25) is 0 Å². The lowest BCUT2D eigenvalue weighted by Crippen LogP contribution is -2.29. The molecule has 0 spiro atoms. The molecule has 0 aromatic carbocycles. The summed E-state index contributed by atoms with van der Waals surface area (Å²) in [6, 6.07) is 0. The van der Waals surface area contributed by atoms with Crippen molar-refractivity contribution < 1.29 is 61.6 Å². The zero-order valence-corrected chi connectivity index (χ0v) is 39.0. The zero-order chi connectivity index (χ0) is 45.1. The summed E-state index contributed by atoms with van der Waals surface area (Å²) in [5.74, 6) is -1.13. The lowest BCUT2D eigenvalue weighted by Gasteiger charge is -2.20. The Bertz CT molecular complexity index is 1350. The predicted molar refractivity (Wildman–Crippen MR) is 244 cm³/mol. The lowest BCUT2D eigenvalue weighted by molar-refractivity contribution is -0.161. The molecule has 0 saturated heterocycles. The molecule has 352 valence electrons. The molecule has 0 rings (SSSR count). The van der Waals surface area contributed by atoms with Crippen molar-refractivity contribution in [3.05, 3.63) is 72.9 Å². The number of carbonyl (C=O) groups excluding carboxylic acids is 2. The molecule has 0 fully saturated rings. The molecule has 0 saturated carbocycles. The Morgan fingerprint density at radius 2 is 0.902 bits per heavy atom. The van der Waals surface area contributed by atoms with Crippen LogP contribution in [0.1, 0.15) is 168 Å². The van der Waals surface area contributed by atoms with E-state index >= 15 is 0 Å². The van der Waals surface area contributed by atoms with Crippen LogP contribution in [-0.4, -0.2) is 70.4 Å². The molecule has 0 aliphatic heterocycles. The highest BCUT2D eigenvalue weighted by Gasteiger charge is 2.28. The molecule has 4 N–H and O–H groups in total. The summed E-state index contributed by atoms with van der Waals surface area (Å²) in [6.45, 7) is 1.57. The standard InChI is InChI=1S/C46H80O13P2/c1-3-5-7-9-11-13-15-17-19-20-21-22-24-26-28-30-32-34-36-38-46(49)59-44(42-58-61(53,54)57-40-43(47)39-56-60(50,51)52)41-55-45(48)37-35-33-31-29-27-25-23-18-16-14-12-10-8-6-4-2/h5,7,11,13,17,19,21-22,26,28,32,34,43-44,47H,3-4,6,8-10,12,14-16,18,20,23-25,27,29-31,33,35-42H2,1-2H3,(H,53,54)(H2,50,51,52)/b7-5-,13-11-,19-17-,22-21-,28-26-,34-32-/t43-,44+/m0/s1. The number of aliphatic hydroxyl groups is 1. The molecule has 0 heterocycles. The van der Waals surface area contributed by atoms with E-state index in [-0.39, 0.29) is 12.8 Å². The molecular weight excluding hydrogens is 822 g/mol. The maximum atomic E-state index is 12.6. The number of ether oxygens (including phenoxy) is 2. The van der Waals surface area contributed by atoms with Crippen LogP contribution in [0.5, 0.6) is 0 Å². The number of hydrogen-bond acceptors (Lipinski definition) is 10. The van der Waals surface area contributed by atoms with Crippen molar-refractivity contribution in [1.29, 1.82) is 0 Å². The van der Waals surface area contributed by atoms with Crippen LogP contribution in [0, 0.1) is 0 Å². The van der Waals surface area contributed by atoms with Crippen LogP contribution in [0.15, 0.2) is 72.9 Å². The maximum absolute atomic E-state index is 12.6. The van der Waals surface area contributed by atoms with E-state index in [0.29, 0.717) is 19.3 Å². The first-order valence-corrected chi connectivity index (χ1v) is 25.7. The van der Waals surface area contributed by atoms with E-state index in [1.165, 1.54) is 70.6 Å². The Morgan fingerprint density at radius 3 is 1.36 bits per heavy atom. The fourth-order valence-electron chi connectivity index (χ4n) is 5.73. The summed E-state index contributed by atoms with van der Waals surface area (Å²) in [6.07, 6.45) is 46.2. The normalized spacial score (nSPS) is 14.7. The second-order valence-corrected chi connectivity index (χ2v) is 17.6. The summed E-state index contributed by atoms with van der Waals surface area (Å²) >= 11 is 0. The van der Waals surface area contributed by atoms with Gasteiger partial charge < -0.3 is 29.3 Å². The van der Waals surface area contributed by atoms with Crippen molar-refractivity contribution in [3.63, 3.8) is 0 Å². The van der Waals surface area contributed by atoms with Gasteiger partial charge in [-0.15, -0.1) is 0 Å². The lowest BCUT2D eigenvalue weighted by atomic mass is 10.0. The topological polar surface area (TPSA) is 195 Å². The first-order valence-electron chi connectivity index (χ1n) is 22.6. The molecular formula is C46H80O13P2. The molecule has 0 bridgehead atoms. The fraction of sp³-hybridized carbons (Fsp3) is 0.696. The van der Waals surface area contributed by atoms with Gasteiger partial charge in [-0.3, -0.25) is 23.2 Å². The van der Waals surface area contributed by atoms with Gasteiger partial charge in [0.05, 0.1) is 19.8 Å². The average Bonchev–Trinajstić information content (AvgIpc) is 3.22. The quantitative estimate of drug-likeness (QED) is 0.0196. The minimum absolute atomic E-state index is 0.00475.